The third-order valence-electron chi connectivity index (χ3n) is 3.41. The van der Waals surface area contributed by atoms with E-state index in [9.17, 15) is 29.6 Å². The molecule has 3 aromatic rings. The number of rotatable bonds is 7. The molecule has 0 spiro atoms. The molecule has 1 aromatic heterocycles. The van der Waals surface area contributed by atoms with Gasteiger partial charge in [0.2, 0.25) is 9.47 Å². The molecule has 0 amide bonds. The van der Waals surface area contributed by atoms with E-state index in [1.165, 1.54) is 12.1 Å². The van der Waals surface area contributed by atoms with E-state index in [1.54, 1.807) is 0 Å². The SMILES string of the molecule is NS(=O)(=O)c1nnc(NS(=O)(=O)c2ccc(NS(=O)(=O)c3ccc(F)cc3)cc2)s1. The second kappa shape index (κ2) is 7.88. The molecule has 11 nitrogen and oxygen atoms in total. The smallest absolute Gasteiger partial charge is 0.267 e. The minimum Gasteiger partial charge on any atom is -0.280 e. The summed E-state index contributed by atoms with van der Waals surface area (Å²) < 4.78 is 88.4. The van der Waals surface area contributed by atoms with Crippen LogP contribution >= 0.6 is 11.3 Å². The third kappa shape index (κ3) is 5.08. The van der Waals surface area contributed by atoms with Gasteiger partial charge >= 0.3 is 0 Å². The fraction of sp³-hybridized carbons (Fsp3) is 0. The van der Waals surface area contributed by atoms with E-state index in [-0.39, 0.29) is 20.6 Å². The predicted molar refractivity (Wildman–Crippen MR) is 106 cm³/mol. The van der Waals surface area contributed by atoms with Crippen molar-refractivity contribution < 1.29 is 29.6 Å². The number of aromatic nitrogens is 2. The number of sulfonamides is 3. The zero-order chi connectivity index (χ0) is 22.2. The van der Waals surface area contributed by atoms with Gasteiger partial charge in [-0.05, 0) is 48.5 Å². The summed E-state index contributed by atoms with van der Waals surface area (Å²) in [6.45, 7) is 0. The first kappa shape index (κ1) is 22.0. The molecule has 160 valence electrons. The van der Waals surface area contributed by atoms with Gasteiger partial charge in [-0.1, -0.05) is 11.3 Å². The van der Waals surface area contributed by atoms with Crippen LogP contribution in [0.5, 0.6) is 0 Å². The third-order valence-corrected chi connectivity index (χ3v) is 8.44. The molecule has 0 atom stereocenters. The van der Waals surface area contributed by atoms with Crippen LogP contribution in [0.3, 0.4) is 0 Å². The normalized spacial score (nSPS) is 12.5. The molecular weight excluding hydrogens is 481 g/mol. The monoisotopic (exact) mass is 493 g/mol. The summed E-state index contributed by atoms with van der Waals surface area (Å²) in [5.74, 6) is -0.595. The van der Waals surface area contributed by atoms with Crippen molar-refractivity contribution in [2.24, 2.45) is 5.14 Å². The van der Waals surface area contributed by atoms with Crippen molar-refractivity contribution in [1.82, 2.24) is 10.2 Å². The molecule has 0 radical (unpaired) electrons. The Morgan fingerprint density at radius 2 is 1.27 bits per heavy atom. The second-order valence-corrected chi connectivity index (χ2v) is 11.7. The Bertz CT molecular complexity index is 1390. The molecule has 0 aliphatic rings. The quantitative estimate of drug-likeness (QED) is 0.435. The van der Waals surface area contributed by atoms with Gasteiger partial charge in [0, 0.05) is 5.69 Å². The van der Waals surface area contributed by atoms with E-state index in [4.69, 9.17) is 5.14 Å². The standard InChI is InChI=1S/C14H12FN5O6S4/c15-9-1-5-11(6-2-9)29(23,24)19-10-3-7-12(8-4-10)30(25,26)20-13-17-18-14(27-13)28(16,21)22/h1-8,19H,(H,17,20)(H2,16,21,22). The molecule has 0 saturated carbocycles. The number of nitrogens with zero attached hydrogens (tertiary/aromatic N) is 2. The number of nitrogens with two attached hydrogens (primary N) is 1. The van der Waals surface area contributed by atoms with E-state index in [1.807, 2.05) is 4.72 Å². The minimum absolute atomic E-state index is 0.0608. The van der Waals surface area contributed by atoms with Gasteiger partial charge in [-0.15, -0.1) is 10.2 Å². The van der Waals surface area contributed by atoms with Crippen molar-refractivity contribution in [2.75, 3.05) is 9.44 Å². The first-order valence-electron chi connectivity index (χ1n) is 7.64. The lowest BCUT2D eigenvalue weighted by atomic mass is 10.3. The summed E-state index contributed by atoms with van der Waals surface area (Å²) >= 11 is 0.427. The highest BCUT2D eigenvalue weighted by Crippen LogP contribution is 2.23. The lowest BCUT2D eigenvalue weighted by molar-refractivity contribution is 0.595. The first-order valence-corrected chi connectivity index (χ1v) is 13.0. The maximum absolute atomic E-state index is 13.0. The van der Waals surface area contributed by atoms with Crippen molar-refractivity contribution >= 4 is 52.2 Å². The van der Waals surface area contributed by atoms with Gasteiger partial charge in [-0.3, -0.25) is 9.44 Å². The molecule has 30 heavy (non-hydrogen) atoms. The van der Waals surface area contributed by atoms with Crippen molar-refractivity contribution in [3.63, 3.8) is 0 Å². The number of anilines is 2. The van der Waals surface area contributed by atoms with E-state index < -0.39 is 40.2 Å². The van der Waals surface area contributed by atoms with Crippen molar-refractivity contribution in [2.45, 2.75) is 14.1 Å². The summed E-state index contributed by atoms with van der Waals surface area (Å²) in [7, 11) is -12.3. The molecule has 0 aliphatic heterocycles. The molecule has 2 aromatic carbocycles. The molecule has 0 unspecified atom stereocenters. The predicted octanol–water partition coefficient (Wildman–Crippen LogP) is 0.926. The van der Waals surface area contributed by atoms with Crippen LogP contribution in [-0.2, 0) is 30.1 Å². The van der Waals surface area contributed by atoms with Gasteiger partial charge in [0.1, 0.15) is 5.82 Å². The number of hydrogen-bond acceptors (Lipinski definition) is 9. The fourth-order valence-corrected chi connectivity index (χ4v) is 5.69. The average Bonchev–Trinajstić information content (AvgIpc) is 3.10. The van der Waals surface area contributed by atoms with Crippen LogP contribution in [0.2, 0.25) is 0 Å². The van der Waals surface area contributed by atoms with Crippen LogP contribution in [0, 0.1) is 5.82 Å². The number of hydrogen-bond donors (Lipinski definition) is 3. The maximum Gasteiger partial charge on any atom is 0.267 e. The zero-order valence-electron chi connectivity index (χ0n) is 14.6. The first-order chi connectivity index (χ1) is 13.9. The summed E-state index contributed by atoms with van der Waals surface area (Å²) in [4.78, 5) is -0.427. The number of halogens is 1. The van der Waals surface area contributed by atoms with E-state index >= 15 is 0 Å². The van der Waals surface area contributed by atoms with Crippen LogP contribution in [-0.4, -0.2) is 35.5 Å². The molecule has 0 aliphatic carbocycles. The highest BCUT2D eigenvalue weighted by molar-refractivity contribution is 7.93. The Hall–Kier alpha value is -2.66. The minimum atomic E-state index is -4.16. The molecule has 4 N–H and O–H groups in total. The van der Waals surface area contributed by atoms with Crippen molar-refractivity contribution in [3.05, 3.63) is 54.3 Å². The van der Waals surface area contributed by atoms with Gasteiger partial charge in [0.25, 0.3) is 30.1 Å². The Morgan fingerprint density at radius 3 is 1.77 bits per heavy atom. The van der Waals surface area contributed by atoms with Crippen molar-refractivity contribution in [1.29, 1.82) is 0 Å². The Morgan fingerprint density at radius 1 is 0.767 bits per heavy atom. The van der Waals surface area contributed by atoms with Gasteiger partial charge < -0.3 is 0 Å². The van der Waals surface area contributed by atoms with Crippen LogP contribution < -0.4 is 14.6 Å². The van der Waals surface area contributed by atoms with Gasteiger partial charge in [0.05, 0.1) is 9.79 Å². The summed E-state index contributed by atoms with van der Waals surface area (Å²) in [6.07, 6.45) is 0. The van der Waals surface area contributed by atoms with Crippen LogP contribution in [0.25, 0.3) is 0 Å². The van der Waals surface area contributed by atoms with Gasteiger partial charge in [-0.2, -0.15) is 0 Å². The molecule has 0 fully saturated rings. The lowest BCUT2D eigenvalue weighted by Crippen LogP contribution is -2.14. The summed E-state index contributed by atoms with van der Waals surface area (Å²) in [6, 6.07) is 8.78. The molecular formula is C14H12FN5O6S4. The Labute approximate surface area is 174 Å². The van der Waals surface area contributed by atoms with E-state index in [0.29, 0.717) is 11.3 Å². The van der Waals surface area contributed by atoms with Gasteiger partial charge in [0.15, 0.2) is 0 Å². The number of nitrogens with one attached hydrogen (secondary N) is 2. The van der Waals surface area contributed by atoms with Crippen LogP contribution in [0.15, 0.2) is 62.7 Å². The number of benzene rings is 2. The molecule has 0 saturated heterocycles. The zero-order valence-corrected chi connectivity index (χ0v) is 17.8. The number of primary sulfonamides is 1. The largest absolute Gasteiger partial charge is 0.280 e. The highest BCUT2D eigenvalue weighted by atomic mass is 32.2. The molecule has 16 heteroatoms. The highest BCUT2D eigenvalue weighted by Gasteiger charge is 2.21. The van der Waals surface area contributed by atoms with E-state index in [2.05, 4.69) is 14.9 Å². The topological polar surface area (TPSA) is 178 Å². The maximum atomic E-state index is 13.0. The Balaban J connectivity index is 1.77. The fourth-order valence-electron chi connectivity index (χ4n) is 2.07. The molecule has 1 heterocycles. The average molecular weight is 494 g/mol. The lowest BCUT2D eigenvalue weighted by Gasteiger charge is -2.09. The van der Waals surface area contributed by atoms with E-state index in [0.717, 1.165) is 36.4 Å². The Kier molecular flexibility index (Phi) is 5.79. The second-order valence-electron chi connectivity index (χ2n) is 5.61. The summed E-state index contributed by atoms with van der Waals surface area (Å²) in [5.41, 5.74) is 0.0608. The van der Waals surface area contributed by atoms with Crippen LogP contribution in [0.1, 0.15) is 0 Å². The summed E-state index contributed by atoms with van der Waals surface area (Å²) in [5, 5.41) is 11.3. The molecule has 3 rings (SSSR count). The van der Waals surface area contributed by atoms with Gasteiger partial charge in [-0.25, -0.2) is 34.8 Å². The van der Waals surface area contributed by atoms with Crippen molar-refractivity contribution in [3.8, 4) is 0 Å². The van der Waals surface area contributed by atoms with Crippen LogP contribution in [0.4, 0.5) is 15.2 Å². The molecule has 0 bridgehead atoms.